The fourth-order valence-corrected chi connectivity index (χ4v) is 4.48. The molecule has 0 radical (unpaired) electrons. The van der Waals surface area contributed by atoms with Gasteiger partial charge in [-0.25, -0.2) is 0 Å². The lowest BCUT2D eigenvalue weighted by atomic mass is 10.1. The number of anilines is 1. The van der Waals surface area contributed by atoms with E-state index in [1.54, 1.807) is 65.4 Å². The molecule has 6 nitrogen and oxygen atoms in total. The van der Waals surface area contributed by atoms with Crippen LogP contribution in [0.1, 0.15) is 44.3 Å². The molecule has 152 valence electrons. The zero-order valence-corrected chi connectivity index (χ0v) is 17.1. The number of thioether (sulfide) groups is 1. The molecule has 4 rings (SSSR count). The summed E-state index contributed by atoms with van der Waals surface area (Å²) >= 11 is 1.56. The van der Waals surface area contributed by atoms with Crippen molar-refractivity contribution in [2.45, 2.75) is 18.8 Å². The molecule has 2 amide bonds. The number of carbonyl (C=O) groups is 3. The SMILES string of the molecule is CC(=O)c1cccc(NC(=O)c2ccc([C@H]3SCC(=O)N3Cc3ccco3)cc2)c1. The molecule has 2 aromatic carbocycles. The molecule has 1 aliphatic rings. The van der Waals surface area contributed by atoms with Gasteiger partial charge in [-0.1, -0.05) is 24.3 Å². The monoisotopic (exact) mass is 420 g/mol. The summed E-state index contributed by atoms with van der Waals surface area (Å²) in [6.07, 6.45) is 1.59. The van der Waals surface area contributed by atoms with Gasteiger partial charge in [0.2, 0.25) is 5.91 Å². The van der Waals surface area contributed by atoms with Crippen molar-refractivity contribution in [2.24, 2.45) is 0 Å². The standard InChI is InChI=1S/C23H20N2O4S/c1-15(26)18-4-2-5-19(12-18)24-22(28)16-7-9-17(10-8-16)23-25(21(27)14-30-23)13-20-6-3-11-29-20/h2-12,23H,13-14H2,1H3,(H,24,28)/t23-/m1/s1. The van der Waals surface area contributed by atoms with E-state index < -0.39 is 0 Å². The smallest absolute Gasteiger partial charge is 0.255 e. The quantitative estimate of drug-likeness (QED) is 0.594. The third kappa shape index (κ3) is 4.31. The largest absolute Gasteiger partial charge is 0.467 e. The third-order valence-corrected chi connectivity index (χ3v) is 6.12. The highest BCUT2D eigenvalue weighted by Gasteiger charge is 2.33. The minimum atomic E-state index is -0.259. The lowest BCUT2D eigenvalue weighted by Crippen LogP contribution is -2.27. The highest BCUT2D eigenvalue weighted by molar-refractivity contribution is 8.00. The average Bonchev–Trinajstić information content (AvgIpc) is 3.39. The zero-order valence-electron chi connectivity index (χ0n) is 16.3. The third-order valence-electron chi connectivity index (χ3n) is 4.86. The number of hydrogen-bond donors (Lipinski definition) is 1. The predicted octanol–water partition coefficient (Wildman–Crippen LogP) is 4.51. The molecule has 1 atom stereocenters. The number of rotatable bonds is 6. The predicted molar refractivity (Wildman–Crippen MR) is 115 cm³/mol. The second-order valence-electron chi connectivity index (χ2n) is 6.98. The number of ketones is 1. The van der Waals surface area contributed by atoms with Crippen LogP contribution >= 0.6 is 11.8 Å². The van der Waals surface area contributed by atoms with Gasteiger partial charge in [0.25, 0.3) is 5.91 Å². The number of Topliss-reactive ketones (excluding diaryl/α,β-unsaturated/α-hetero) is 1. The Labute approximate surface area is 178 Å². The van der Waals surface area contributed by atoms with Crippen LogP contribution in [0.2, 0.25) is 0 Å². The van der Waals surface area contributed by atoms with Crippen LogP contribution in [0.4, 0.5) is 5.69 Å². The Morgan fingerprint density at radius 3 is 2.60 bits per heavy atom. The first kappa shape index (κ1) is 20.0. The van der Waals surface area contributed by atoms with Gasteiger partial charge in [-0.3, -0.25) is 14.4 Å². The van der Waals surface area contributed by atoms with E-state index in [2.05, 4.69) is 5.32 Å². The Hall–Kier alpha value is -3.32. The first-order valence-electron chi connectivity index (χ1n) is 9.47. The Morgan fingerprint density at radius 1 is 1.10 bits per heavy atom. The number of carbonyl (C=O) groups excluding carboxylic acids is 3. The van der Waals surface area contributed by atoms with E-state index in [0.29, 0.717) is 29.1 Å². The van der Waals surface area contributed by atoms with Crippen LogP contribution in [-0.2, 0) is 11.3 Å². The van der Waals surface area contributed by atoms with Gasteiger partial charge < -0.3 is 14.6 Å². The molecule has 0 aliphatic carbocycles. The van der Waals surface area contributed by atoms with Crippen molar-refractivity contribution in [2.75, 3.05) is 11.1 Å². The van der Waals surface area contributed by atoms with Crippen LogP contribution < -0.4 is 5.32 Å². The number of benzene rings is 2. The van der Waals surface area contributed by atoms with E-state index in [9.17, 15) is 14.4 Å². The van der Waals surface area contributed by atoms with Crippen molar-refractivity contribution < 1.29 is 18.8 Å². The van der Waals surface area contributed by atoms with Crippen molar-refractivity contribution in [3.8, 4) is 0 Å². The summed E-state index contributed by atoms with van der Waals surface area (Å²) in [7, 11) is 0. The number of amides is 2. The topological polar surface area (TPSA) is 79.6 Å². The normalized spacial score (nSPS) is 16.0. The molecule has 1 aromatic heterocycles. The molecular formula is C23H20N2O4S. The Morgan fingerprint density at radius 2 is 1.90 bits per heavy atom. The first-order chi connectivity index (χ1) is 14.5. The fourth-order valence-electron chi connectivity index (χ4n) is 3.29. The van der Waals surface area contributed by atoms with Gasteiger partial charge in [-0.2, -0.15) is 0 Å². The van der Waals surface area contributed by atoms with Crippen molar-refractivity contribution >= 4 is 35.0 Å². The Kier molecular flexibility index (Phi) is 5.72. The van der Waals surface area contributed by atoms with E-state index in [1.165, 1.54) is 6.92 Å². The Balaban J connectivity index is 1.47. The molecule has 30 heavy (non-hydrogen) atoms. The lowest BCUT2D eigenvalue weighted by molar-refractivity contribution is -0.128. The molecule has 3 aromatic rings. The zero-order chi connectivity index (χ0) is 21.1. The van der Waals surface area contributed by atoms with Gasteiger partial charge in [0.05, 0.1) is 18.6 Å². The number of furan rings is 1. The van der Waals surface area contributed by atoms with E-state index in [0.717, 1.165) is 11.3 Å². The molecule has 1 saturated heterocycles. The second kappa shape index (κ2) is 8.59. The summed E-state index contributed by atoms with van der Waals surface area (Å²) in [4.78, 5) is 38.2. The maximum atomic E-state index is 12.6. The van der Waals surface area contributed by atoms with E-state index in [4.69, 9.17) is 4.42 Å². The minimum absolute atomic E-state index is 0.0573. The molecule has 7 heteroatoms. The molecular weight excluding hydrogens is 400 g/mol. The summed E-state index contributed by atoms with van der Waals surface area (Å²) in [5, 5.41) is 2.70. The van der Waals surface area contributed by atoms with Crippen LogP contribution in [0.25, 0.3) is 0 Å². The molecule has 0 saturated carbocycles. The van der Waals surface area contributed by atoms with Gasteiger partial charge in [0.15, 0.2) is 5.78 Å². The maximum Gasteiger partial charge on any atom is 0.255 e. The first-order valence-corrected chi connectivity index (χ1v) is 10.5. The van der Waals surface area contributed by atoms with Crippen LogP contribution in [0.15, 0.2) is 71.3 Å². The van der Waals surface area contributed by atoms with E-state index in [1.807, 2.05) is 18.2 Å². The van der Waals surface area contributed by atoms with Crippen LogP contribution in [0.5, 0.6) is 0 Å². The van der Waals surface area contributed by atoms with Crippen molar-refractivity contribution in [1.82, 2.24) is 4.90 Å². The molecule has 2 heterocycles. The van der Waals surface area contributed by atoms with Crippen molar-refractivity contribution in [3.05, 3.63) is 89.4 Å². The lowest BCUT2D eigenvalue weighted by Gasteiger charge is -2.23. The summed E-state index contributed by atoms with van der Waals surface area (Å²) in [5.74, 6) is 0.899. The average molecular weight is 420 g/mol. The van der Waals surface area contributed by atoms with Crippen molar-refractivity contribution in [3.63, 3.8) is 0 Å². The van der Waals surface area contributed by atoms with Gasteiger partial charge in [-0.15, -0.1) is 11.8 Å². The maximum absolute atomic E-state index is 12.6. The summed E-state index contributed by atoms with van der Waals surface area (Å²) in [6.45, 7) is 1.90. The summed E-state index contributed by atoms with van der Waals surface area (Å²) < 4.78 is 5.38. The van der Waals surface area contributed by atoms with E-state index in [-0.39, 0.29) is 23.0 Å². The molecule has 0 bridgehead atoms. The molecule has 1 N–H and O–H groups in total. The number of hydrogen-bond acceptors (Lipinski definition) is 5. The van der Waals surface area contributed by atoms with Gasteiger partial charge >= 0.3 is 0 Å². The van der Waals surface area contributed by atoms with Gasteiger partial charge in [0.1, 0.15) is 11.1 Å². The molecule has 1 fully saturated rings. The van der Waals surface area contributed by atoms with Crippen LogP contribution in [0, 0.1) is 0 Å². The Bertz CT molecular complexity index is 1080. The van der Waals surface area contributed by atoms with Crippen LogP contribution in [0.3, 0.4) is 0 Å². The highest BCUT2D eigenvalue weighted by atomic mass is 32.2. The van der Waals surface area contributed by atoms with Crippen LogP contribution in [-0.4, -0.2) is 28.3 Å². The molecule has 1 aliphatic heterocycles. The number of nitrogens with zero attached hydrogens (tertiary/aromatic N) is 1. The molecule has 0 unspecified atom stereocenters. The highest BCUT2D eigenvalue weighted by Crippen LogP contribution is 2.39. The fraction of sp³-hybridized carbons (Fsp3) is 0.174. The van der Waals surface area contributed by atoms with Gasteiger partial charge in [-0.05, 0) is 48.9 Å². The number of nitrogens with one attached hydrogen (secondary N) is 1. The summed E-state index contributed by atoms with van der Waals surface area (Å²) in [6, 6.07) is 17.7. The summed E-state index contributed by atoms with van der Waals surface area (Å²) in [5.41, 5.74) is 2.56. The van der Waals surface area contributed by atoms with E-state index >= 15 is 0 Å². The minimum Gasteiger partial charge on any atom is -0.467 e. The van der Waals surface area contributed by atoms with Gasteiger partial charge in [0, 0.05) is 16.8 Å². The van der Waals surface area contributed by atoms with Crippen molar-refractivity contribution in [1.29, 1.82) is 0 Å². The molecule has 0 spiro atoms. The second-order valence-corrected chi connectivity index (χ2v) is 8.05.